The maximum atomic E-state index is 11.4. The van der Waals surface area contributed by atoms with Crippen LogP contribution in [0.2, 0.25) is 0 Å². The second-order valence-electron chi connectivity index (χ2n) is 8.17. The van der Waals surface area contributed by atoms with Crippen LogP contribution in [0.3, 0.4) is 0 Å². The molecule has 28 heavy (non-hydrogen) atoms. The zero-order valence-electron chi connectivity index (χ0n) is 19.0. The maximum Gasteiger partial charge on any atom is 1.00 e. The van der Waals surface area contributed by atoms with Crippen LogP contribution in [-0.4, -0.2) is 29.4 Å². The molecule has 0 aromatic rings. The molecule has 0 heterocycles. The van der Waals surface area contributed by atoms with Gasteiger partial charge in [-0.15, -0.1) is 0 Å². The minimum atomic E-state index is -4.14. The third kappa shape index (κ3) is 20.8. The Bertz CT molecular complexity index is 415. The molecule has 2 atom stereocenters. The summed E-state index contributed by atoms with van der Waals surface area (Å²) in [5.41, 5.74) is 0. The van der Waals surface area contributed by atoms with E-state index in [0.29, 0.717) is 12.8 Å². The van der Waals surface area contributed by atoms with Gasteiger partial charge in [0.15, 0.2) is 0 Å². The van der Waals surface area contributed by atoms with Crippen LogP contribution in [0, 0.1) is 0 Å². The Hall–Kier alpha value is 1.51. The third-order valence-electron chi connectivity index (χ3n) is 5.47. The molecule has 0 aromatic heterocycles. The Morgan fingerprint density at radius 1 is 0.643 bits per heavy atom. The molecule has 1 N–H and O–H groups in total. The Morgan fingerprint density at radius 2 is 1.04 bits per heavy atom. The third-order valence-corrected chi connectivity index (χ3v) is 6.76. The number of aliphatic hydroxyl groups excluding tert-OH is 1. The van der Waals surface area contributed by atoms with E-state index in [2.05, 4.69) is 13.8 Å². The van der Waals surface area contributed by atoms with E-state index in [-0.39, 0.29) is 57.5 Å². The Balaban J connectivity index is 0. The van der Waals surface area contributed by atoms with Crippen molar-refractivity contribution in [1.82, 2.24) is 0 Å². The zero-order valence-corrected chi connectivity index (χ0v) is 22.9. The van der Waals surface area contributed by atoms with Gasteiger partial charge in [0.2, 0.25) is 0 Å². The predicted octanol–water partition coefficient (Wildman–Crippen LogP) is 3.33. The molecule has 0 fully saturated rings. The van der Waals surface area contributed by atoms with Crippen LogP contribution < -0.4 is 51.4 Å². The van der Waals surface area contributed by atoms with E-state index in [1.807, 2.05) is 0 Å². The quantitative estimate of drug-likeness (QED) is 0.177. The molecule has 0 amide bonds. The summed E-state index contributed by atoms with van der Waals surface area (Å²) in [4.78, 5) is 0. The molecule has 0 aliphatic heterocycles. The van der Waals surface area contributed by atoms with Gasteiger partial charge in [-0.25, -0.2) is 8.42 Å². The van der Waals surface area contributed by atoms with Gasteiger partial charge in [-0.2, -0.15) is 0 Å². The van der Waals surface area contributed by atoms with Crippen molar-refractivity contribution < 1.29 is 69.5 Å². The normalized spacial score (nSPS) is 13.9. The fourth-order valence-electron chi connectivity index (χ4n) is 3.70. The molecule has 6 heteroatoms. The van der Waals surface area contributed by atoms with Crippen molar-refractivity contribution >= 4 is 10.1 Å². The molecular weight excluding hydrogens is 399 g/mol. The van der Waals surface area contributed by atoms with Gasteiger partial charge in [-0.1, -0.05) is 104 Å². The van der Waals surface area contributed by atoms with E-state index in [1.165, 1.54) is 32.1 Å². The summed E-state index contributed by atoms with van der Waals surface area (Å²) < 4.78 is 34.2. The number of aliphatic hydroxyl groups is 1. The number of rotatable bonds is 20. The van der Waals surface area contributed by atoms with Crippen LogP contribution in [0.15, 0.2) is 0 Å². The summed E-state index contributed by atoms with van der Waals surface area (Å²) >= 11 is 0. The van der Waals surface area contributed by atoms with Crippen LogP contribution in [0.1, 0.15) is 129 Å². The summed E-state index contributed by atoms with van der Waals surface area (Å²) in [6.45, 7) is 4.23. The first-order valence-corrected chi connectivity index (χ1v) is 13.0. The fourth-order valence-corrected chi connectivity index (χ4v) is 4.61. The molecule has 0 aromatic carbocycles. The van der Waals surface area contributed by atoms with Crippen molar-refractivity contribution in [2.24, 2.45) is 0 Å². The Labute approximate surface area is 218 Å². The molecule has 0 saturated carbocycles. The van der Waals surface area contributed by atoms with E-state index in [9.17, 15) is 18.1 Å². The summed E-state index contributed by atoms with van der Waals surface area (Å²) in [7, 11) is -4.14. The van der Waals surface area contributed by atoms with Crippen molar-refractivity contribution in [1.29, 1.82) is 0 Å². The minimum absolute atomic E-state index is 0. The largest absolute Gasteiger partial charge is 1.00 e. The van der Waals surface area contributed by atoms with Crippen molar-refractivity contribution in [2.45, 2.75) is 141 Å². The van der Waals surface area contributed by atoms with Gasteiger partial charge < -0.3 is 9.66 Å². The van der Waals surface area contributed by atoms with E-state index < -0.39 is 15.4 Å². The van der Waals surface area contributed by atoms with E-state index >= 15 is 0 Å². The molecule has 0 radical (unpaired) electrons. The second-order valence-corrected chi connectivity index (χ2v) is 9.82. The van der Waals surface area contributed by atoms with Crippen molar-refractivity contribution in [2.75, 3.05) is 0 Å². The van der Waals surface area contributed by atoms with Gasteiger partial charge in [0, 0.05) is 5.25 Å². The summed E-state index contributed by atoms with van der Waals surface area (Å²) in [5, 5.41) is 9.01. The topological polar surface area (TPSA) is 77.4 Å². The number of unbranched alkanes of at least 4 members (excludes halogenated alkanes) is 11. The SMILES string of the molecule is CCCCCCC(CCCCCCCCCCCC(O)CCC)S(=O)(=O)[O-].[K+]. The molecule has 0 rings (SSSR count). The van der Waals surface area contributed by atoms with Crippen molar-refractivity contribution in [3.8, 4) is 0 Å². The van der Waals surface area contributed by atoms with Gasteiger partial charge in [-0.3, -0.25) is 0 Å². The standard InChI is InChI=1S/C22H46O4S.K/c1-3-5-6-15-19-22(27(24,25)26)20-16-13-11-9-7-8-10-12-14-18-21(23)17-4-2;/h21-23H,3-20H2,1-2H3,(H,24,25,26);/q;+1/p-1. The first kappa shape index (κ1) is 31.7. The predicted molar refractivity (Wildman–Crippen MR) is 114 cm³/mol. The van der Waals surface area contributed by atoms with Crippen LogP contribution in [0.25, 0.3) is 0 Å². The summed E-state index contributed by atoms with van der Waals surface area (Å²) in [6, 6.07) is 0. The monoisotopic (exact) mass is 444 g/mol. The van der Waals surface area contributed by atoms with Crippen molar-refractivity contribution in [3.63, 3.8) is 0 Å². The molecule has 0 bridgehead atoms. The molecule has 164 valence electrons. The molecule has 0 aliphatic carbocycles. The Kier molecular flexibility index (Phi) is 24.6. The fraction of sp³-hybridized carbons (Fsp3) is 1.00. The molecule has 4 nitrogen and oxygen atoms in total. The molecular formula is C22H45KO4S. The van der Waals surface area contributed by atoms with Crippen LogP contribution in [0.4, 0.5) is 0 Å². The number of hydrogen-bond donors (Lipinski definition) is 1. The Morgan fingerprint density at radius 3 is 1.43 bits per heavy atom. The van der Waals surface area contributed by atoms with Gasteiger partial charge in [0.05, 0.1) is 16.2 Å². The summed E-state index contributed by atoms with van der Waals surface area (Å²) in [5.74, 6) is 0. The molecule has 0 spiro atoms. The first-order valence-electron chi connectivity index (χ1n) is 11.5. The smallest absolute Gasteiger partial charge is 0.748 e. The second kappa shape index (κ2) is 21.7. The first-order chi connectivity index (χ1) is 12.9. The minimum Gasteiger partial charge on any atom is -0.748 e. The van der Waals surface area contributed by atoms with Crippen LogP contribution in [-0.2, 0) is 10.1 Å². The van der Waals surface area contributed by atoms with E-state index in [4.69, 9.17) is 0 Å². The van der Waals surface area contributed by atoms with Crippen LogP contribution in [0.5, 0.6) is 0 Å². The average Bonchev–Trinajstić information content (AvgIpc) is 2.60. The van der Waals surface area contributed by atoms with E-state index in [0.717, 1.165) is 70.6 Å². The van der Waals surface area contributed by atoms with Crippen LogP contribution >= 0.6 is 0 Å². The maximum absolute atomic E-state index is 11.4. The molecule has 2 unspecified atom stereocenters. The average molecular weight is 445 g/mol. The summed E-state index contributed by atoms with van der Waals surface area (Å²) in [6.07, 6.45) is 18.3. The van der Waals surface area contributed by atoms with Gasteiger partial charge in [-0.05, 0) is 25.7 Å². The van der Waals surface area contributed by atoms with E-state index in [1.54, 1.807) is 0 Å². The molecule has 0 aliphatic rings. The zero-order chi connectivity index (χ0) is 20.4. The number of hydrogen-bond acceptors (Lipinski definition) is 4. The van der Waals surface area contributed by atoms with Gasteiger partial charge >= 0.3 is 51.4 Å². The van der Waals surface area contributed by atoms with Gasteiger partial charge in [0.25, 0.3) is 0 Å². The van der Waals surface area contributed by atoms with Crippen molar-refractivity contribution in [3.05, 3.63) is 0 Å². The molecule has 0 saturated heterocycles. The van der Waals surface area contributed by atoms with Gasteiger partial charge in [0.1, 0.15) is 0 Å².